The summed E-state index contributed by atoms with van der Waals surface area (Å²) in [6, 6.07) is 5.55. The molecule has 1 rings (SSSR count). The second-order valence-corrected chi connectivity index (χ2v) is 9.90. The monoisotopic (exact) mass is 505 g/mol. The van der Waals surface area contributed by atoms with Crippen molar-refractivity contribution in [3.05, 3.63) is 35.9 Å². The summed E-state index contributed by atoms with van der Waals surface area (Å²) in [7, 11) is 0. The number of carbonyl (C=O) groups excluding carboxylic acids is 3. The third-order valence-corrected chi connectivity index (χ3v) is 5.78. The van der Waals surface area contributed by atoms with Gasteiger partial charge in [0.1, 0.15) is 18.1 Å². The number of hydrogen-bond acceptors (Lipinski definition) is 6. The summed E-state index contributed by atoms with van der Waals surface area (Å²) in [5.74, 6) is -2.95. The van der Waals surface area contributed by atoms with Gasteiger partial charge in [-0.15, -0.1) is 0 Å². The fourth-order valence-electron chi connectivity index (χ4n) is 3.74. The SMILES string of the molecule is CC(C)CC(NC(=O)C(N)Cc1ccccc1)C(=O)NC(C(=O)NC(CCCCN)C(=O)O)C(C)C. The number of rotatable bonds is 16. The normalized spacial score (nSPS) is 14.6. The Morgan fingerprint density at radius 1 is 0.861 bits per heavy atom. The molecule has 0 bridgehead atoms. The van der Waals surface area contributed by atoms with Gasteiger partial charge in [-0.25, -0.2) is 4.79 Å². The maximum absolute atomic E-state index is 13.2. The molecule has 0 radical (unpaired) electrons. The lowest BCUT2D eigenvalue weighted by atomic mass is 9.98. The first-order valence-corrected chi connectivity index (χ1v) is 12.6. The molecule has 0 spiro atoms. The molecule has 1 aromatic rings. The van der Waals surface area contributed by atoms with E-state index in [1.807, 2.05) is 44.2 Å². The topological polar surface area (TPSA) is 177 Å². The van der Waals surface area contributed by atoms with Gasteiger partial charge in [-0.05, 0) is 56.0 Å². The number of unbranched alkanes of at least 4 members (excludes halogenated alkanes) is 1. The van der Waals surface area contributed by atoms with Gasteiger partial charge < -0.3 is 32.5 Å². The molecule has 0 aliphatic heterocycles. The van der Waals surface area contributed by atoms with Gasteiger partial charge in [-0.2, -0.15) is 0 Å². The smallest absolute Gasteiger partial charge is 0.326 e. The Bertz CT molecular complexity index is 846. The van der Waals surface area contributed by atoms with Crippen molar-refractivity contribution in [3.63, 3.8) is 0 Å². The molecule has 3 amide bonds. The number of benzene rings is 1. The van der Waals surface area contributed by atoms with Gasteiger partial charge in [0.2, 0.25) is 17.7 Å². The van der Waals surface area contributed by atoms with Crippen LogP contribution in [0.15, 0.2) is 30.3 Å². The van der Waals surface area contributed by atoms with Crippen LogP contribution in [0.1, 0.15) is 58.9 Å². The van der Waals surface area contributed by atoms with Gasteiger partial charge in [0, 0.05) is 0 Å². The first-order chi connectivity index (χ1) is 17.0. The van der Waals surface area contributed by atoms with Crippen LogP contribution in [0.2, 0.25) is 0 Å². The van der Waals surface area contributed by atoms with Crippen LogP contribution in [-0.4, -0.2) is 59.5 Å². The lowest BCUT2D eigenvalue weighted by Gasteiger charge is -2.27. The van der Waals surface area contributed by atoms with Crippen LogP contribution in [0.3, 0.4) is 0 Å². The zero-order chi connectivity index (χ0) is 27.3. The average molecular weight is 506 g/mol. The molecular weight excluding hydrogens is 462 g/mol. The van der Waals surface area contributed by atoms with Crippen LogP contribution in [0.4, 0.5) is 0 Å². The van der Waals surface area contributed by atoms with Crippen LogP contribution in [0, 0.1) is 11.8 Å². The van der Waals surface area contributed by atoms with Gasteiger partial charge in [0.15, 0.2) is 0 Å². The van der Waals surface area contributed by atoms with Gasteiger partial charge in [-0.1, -0.05) is 58.0 Å². The molecule has 10 heteroatoms. The van der Waals surface area contributed by atoms with E-state index in [2.05, 4.69) is 16.0 Å². The fraction of sp³-hybridized carbons (Fsp3) is 0.615. The third-order valence-electron chi connectivity index (χ3n) is 5.78. The maximum Gasteiger partial charge on any atom is 0.326 e. The van der Waals surface area contributed by atoms with Crippen molar-refractivity contribution in [1.29, 1.82) is 0 Å². The van der Waals surface area contributed by atoms with Crippen molar-refractivity contribution in [1.82, 2.24) is 16.0 Å². The van der Waals surface area contributed by atoms with E-state index >= 15 is 0 Å². The Labute approximate surface area is 213 Å². The van der Waals surface area contributed by atoms with Crippen molar-refractivity contribution in [2.24, 2.45) is 23.3 Å². The van der Waals surface area contributed by atoms with Crippen LogP contribution >= 0.6 is 0 Å². The molecule has 8 N–H and O–H groups in total. The third kappa shape index (κ3) is 11.2. The average Bonchev–Trinajstić information content (AvgIpc) is 2.81. The van der Waals surface area contributed by atoms with Gasteiger partial charge >= 0.3 is 5.97 Å². The molecule has 36 heavy (non-hydrogen) atoms. The summed E-state index contributed by atoms with van der Waals surface area (Å²) in [6.07, 6.45) is 2.10. The summed E-state index contributed by atoms with van der Waals surface area (Å²) < 4.78 is 0. The number of nitrogens with one attached hydrogen (secondary N) is 3. The van der Waals surface area contributed by atoms with Crippen molar-refractivity contribution < 1.29 is 24.3 Å². The standard InChI is InChI=1S/C26H43N5O5/c1-16(2)14-21(30-23(32)19(28)15-18-10-6-5-7-11-18)24(33)31-22(17(3)4)25(34)29-20(26(35)36)12-8-9-13-27/h5-7,10-11,16-17,19-22H,8-9,12-15,27-28H2,1-4H3,(H,29,34)(H,30,32)(H,31,33)(H,35,36). The maximum atomic E-state index is 13.2. The van der Waals surface area contributed by atoms with E-state index in [1.54, 1.807) is 13.8 Å². The van der Waals surface area contributed by atoms with E-state index in [9.17, 15) is 24.3 Å². The lowest BCUT2D eigenvalue weighted by Crippen LogP contribution is -2.58. The minimum absolute atomic E-state index is 0.0802. The van der Waals surface area contributed by atoms with Crippen LogP contribution in [0.25, 0.3) is 0 Å². The quantitative estimate of drug-likeness (QED) is 0.181. The van der Waals surface area contributed by atoms with Gasteiger partial charge in [0.25, 0.3) is 0 Å². The largest absolute Gasteiger partial charge is 0.480 e. The number of amides is 3. The molecule has 0 aliphatic rings. The van der Waals surface area contributed by atoms with Crippen molar-refractivity contribution in [2.75, 3.05) is 6.54 Å². The molecule has 0 aromatic heterocycles. The predicted molar refractivity (Wildman–Crippen MR) is 139 cm³/mol. The Morgan fingerprint density at radius 3 is 2.00 bits per heavy atom. The van der Waals surface area contributed by atoms with Crippen LogP contribution < -0.4 is 27.4 Å². The van der Waals surface area contributed by atoms with Crippen LogP contribution in [-0.2, 0) is 25.6 Å². The summed E-state index contributed by atoms with van der Waals surface area (Å²) >= 11 is 0. The first kappa shape index (κ1) is 31.1. The van der Waals surface area contributed by atoms with E-state index in [4.69, 9.17) is 11.5 Å². The number of hydrogen-bond donors (Lipinski definition) is 6. The highest BCUT2D eigenvalue weighted by atomic mass is 16.4. The highest BCUT2D eigenvalue weighted by Gasteiger charge is 2.32. The lowest BCUT2D eigenvalue weighted by molar-refractivity contribution is -0.142. The number of aliphatic carboxylic acids is 1. The van der Waals surface area contributed by atoms with Gasteiger partial charge in [0.05, 0.1) is 6.04 Å². The van der Waals surface area contributed by atoms with Crippen molar-refractivity contribution >= 4 is 23.7 Å². The van der Waals surface area contributed by atoms with Crippen molar-refractivity contribution in [2.45, 2.75) is 84.0 Å². The van der Waals surface area contributed by atoms with E-state index < -0.39 is 47.9 Å². The summed E-state index contributed by atoms with van der Waals surface area (Å²) in [5, 5.41) is 17.4. The number of carbonyl (C=O) groups is 4. The minimum atomic E-state index is -1.15. The fourth-order valence-corrected chi connectivity index (χ4v) is 3.74. The molecular formula is C26H43N5O5. The summed E-state index contributed by atoms with van der Waals surface area (Å²) in [5.41, 5.74) is 12.5. The molecule has 10 nitrogen and oxygen atoms in total. The molecule has 0 aliphatic carbocycles. The number of carboxylic acids is 1. The van der Waals surface area contributed by atoms with Gasteiger partial charge in [-0.3, -0.25) is 14.4 Å². The van der Waals surface area contributed by atoms with Crippen molar-refractivity contribution in [3.8, 4) is 0 Å². The molecule has 0 heterocycles. The number of carboxylic acid groups (broad SMARTS) is 1. The zero-order valence-electron chi connectivity index (χ0n) is 21.8. The second kappa shape index (κ2) is 15.9. The van der Waals surface area contributed by atoms with E-state index in [0.29, 0.717) is 32.2 Å². The molecule has 0 saturated carbocycles. The summed E-state index contributed by atoms with van der Waals surface area (Å²) in [6.45, 7) is 7.77. The predicted octanol–water partition coefficient (Wildman–Crippen LogP) is 0.927. The Hall–Kier alpha value is -2.98. The molecule has 0 saturated heterocycles. The molecule has 1 aromatic carbocycles. The zero-order valence-corrected chi connectivity index (χ0v) is 21.8. The second-order valence-electron chi connectivity index (χ2n) is 9.90. The number of nitrogens with two attached hydrogens (primary N) is 2. The van der Waals surface area contributed by atoms with E-state index in [-0.39, 0.29) is 18.3 Å². The Balaban J connectivity index is 2.89. The first-order valence-electron chi connectivity index (χ1n) is 12.6. The summed E-state index contributed by atoms with van der Waals surface area (Å²) in [4.78, 5) is 50.5. The highest BCUT2D eigenvalue weighted by molar-refractivity contribution is 5.94. The minimum Gasteiger partial charge on any atom is -0.480 e. The molecule has 0 fully saturated rings. The highest BCUT2D eigenvalue weighted by Crippen LogP contribution is 2.10. The van der Waals surface area contributed by atoms with E-state index in [0.717, 1.165) is 5.56 Å². The van der Waals surface area contributed by atoms with E-state index in [1.165, 1.54) is 0 Å². The van der Waals surface area contributed by atoms with Crippen LogP contribution in [0.5, 0.6) is 0 Å². The molecule has 4 unspecified atom stereocenters. The molecule has 202 valence electrons. The molecule has 4 atom stereocenters. The Kier molecular flexibility index (Phi) is 13.7. The Morgan fingerprint density at radius 2 is 1.47 bits per heavy atom.